The molecule has 0 aliphatic rings. The second-order valence-corrected chi connectivity index (χ2v) is 3.67. The van der Waals surface area contributed by atoms with Gasteiger partial charge in [-0.15, -0.1) is 0 Å². The number of nitrogens with one attached hydrogen (secondary N) is 1. The van der Waals surface area contributed by atoms with Crippen LogP contribution in [-0.4, -0.2) is 15.8 Å². The molecule has 5 nitrogen and oxygen atoms in total. The van der Waals surface area contributed by atoms with E-state index >= 15 is 0 Å². The van der Waals surface area contributed by atoms with Crippen molar-refractivity contribution in [1.29, 1.82) is 5.41 Å². The Kier molecular flexibility index (Phi) is 2.68. The molecule has 0 aliphatic heterocycles. The summed E-state index contributed by atoms with van der Waals surface area (Å²) >= 11 is 1.28. The summed E-state index contributed by atoms with van der Waals surface area (Å²) in [5.41, 5.74) is 6.00. The van der Waals surface area contributed by atoms with Crippen molar-refractivity contribution in [3.63, 3.8) is 0 Å². The molecule has 2 aromatic heterocycles. The fourth-order valence-electron chi connectivity index (χ4n) is 0.983. The summed E-state index contributed by atoms with van der Waals surface area (Å²) in [4.78, 5) is 8.06. The lowest BCUT2D eigenvalue weighted by atomic mass is 10.2. The van der Waals surface area contributed by atoms with Crippen LogP contribution in [0.5, 0.6) is 0 Å². The van der Waals surface area contributed by atoms with E-state index in [1.54, 1.807) is 24.5 Å². The molecule has 3 N–H and O–H groups in total. The van der Waals surface area contributed by atoms with Gasteiger partial charge in [0.25, 0.3) is 5.22 Å². The summed E-state index contributed by atoms with van der Waals surface area (Å²) in [7, 11) is 0. The Morgan fingerprint density at radius 1 is 1.40 bits per heavy atom. The molecule has 2 aromatic rings. The molecule has 6 heteroatoms. The van der Waals surface area contributed by atoms with Crippen molar-refractivity contribution < 1.29 is 4.42 Å². The molecule has 0 radical (unpaired) electrons. The Bertz CT molecular complexity index is 469. The Balaban J connectivity index is 2.22. The highest BCUT2D eigenvalue weighted by Gasteiger charge is 2.04. The average Bonchev–Trinajstić information content (AvgIpc) is 2.71. The number of hydrogen-bond acceptors (Lipinski definition) is 5. The van der Waals surface area contributed by atoms with E-state index in [0.717, 1.165) is 0 Å². The molecule has 0 saturated carbocycles. The highest BCUT2D eigenvalue weighted by molar-refractivity contribution is 7.99. The van der Waals surface area contributed by atoms with Crippen molar-refractivity contribution in [1.82, 2.24) is 9.97 Å². The van der Waals surface area contributed by atoms with Crippen LogP contribution >= 0.6 is 11.8 Å². The topological polar surface area (TPSA) is 88.8 Å². The molecule has 0 atom stereocenters. The minimum Gasteiger partial charge on any atom is -0.440 e. The van der Waals surface area contributed by atoms with E-state index in [-0.39, 0.29) is 5.84 Å². The number of rotatable bonds is 3. The first-order valence-electron chi connectivity index (χ1n) is 4.13. The monoisotopic (exact) mass is 220 g/mol. The molecule has 2 rings (SSSR count). The summed E-state index contributed by atoms with van der Waals surface area (Å²) in [5.74, 6) is 0.0201. The maximum absolute atomic E-state index is 7.28. The smallest absolute Gasteiger partial charge is 0.261 e. The van der Waals surface area contributed by atoms with E-state index in [1.807, 2.05) is 0 Å². The number of oxazole rings is 1. The summed E-state index contributed by atoms with van der Waals surface area (Å²) in [6, 6.07) is 3.40. The van der Waals surface area contributed by atoms with Crippen LogP contribution in [-0.2, 0) is 0 Å². The zero-order valence-electron chi connectivity index (χ0n) is 7.68. The van der Waals surface area contributed by atoms with Crippen LogP contribution in [0.25, 0.3) is 0 Å². The largest absolute Gasteiger partial charge is 0.440 e. The van der Waals surface area contributed by atoms with Crippen LogP contribution in [0.15, 0.2) is 45.5 Å². The van der Waals surface area contributed by atoms with E-state index in [2.05, 4.69) is 9.97 Å². The van der Waals surface area contributed by atoms with Crippen LogP contribution in [0.4, 0.5) is 0 Å². The van der Waals surface area contributed by atoms with Gasteiger partial charge < -0.3 is 10.2 Å². The first-order chi connectivity index (χ1) is 7.25. The second kappa shape index (κ2) is 4.14. The third kappa shape index (κ3) is 2.35. The lowest BCUT2D eigenvalue weighted by Crippen LogP contribution is -2.10. The molecule has 0 unspecified atom stereocenters. The molecule has 15 heavy (non-hydrogen) atoms. The predicted molar refractivity (Wildman–Crippen MR) is 55.9 cm³/mol. The molecule has 0 bridgehead atoms. The van der Waals surface area contributed by atoms with Gasteiger partial charge in [-0.05, 0) is 23.9 Å². The Hall–Kier alpha value is -1.82. The van der Waals surface area contributed by atoms with Gasteiger partial charge in [-0.2, -0.15) is 0 Å². The van der Waals surface area contributed by atoms with Gasteiger partial charge in [-0.25, -0.2) is 9.97 Å². The molecule has 0 aliphatic carbocycles. The molecular weight excluding hydrogens is 212 g/mol. The van der Waals surface area contributed by atoms with Gasteiger partial charge in [0.2, 0.25) is 0 Å². The lowest BCUT2D eigenvalue weighted by Gasteiger charge is -1.99. The first kappa shape index (κ1) is 9.72. The van der Waals surface area contributed by atoms with Crippen LogP contribution in [0, 0.1) is 5.41 Å². The second-order valence-electron chi connectivity index (χ2n) is 2.70. The van der Waals surface area contributed by atoms with Crippen LogP contribution in [0.3, 0.4) is 0 Å². The molecule has 0 aromatic carbocycles. The number of nitrogens with two attached hydrogens (primary N) is 1. The van der Waals surface area contributed by atoms with Crippen LogP contribution in [0.1, 0.15) is 5.56 Å². The maximum atomic E-state index is 7.28. The molecule has 0 saturated heterocycles. The molecule has 0 fully saturated rings. The number of amidine groups is 1. The van der Waals surface area contributed by atoms with Gasteiger partial charge in [0, 0.05) is 11.8 Å². The summed E-state index contributed by atoms with van der Waals surface area (Å²) in [6.45, 7) is 0. The molecule has 2 heterocycles. The van der Waals surface area contributed by atoms with Crippen molar-refractivity contribution >= 4 is 17.6 Å². The summed E-state index contributed by atoms with van der Waals surface area (Å²) in [6.07, 6.45) is 4.66. The van der Waals surface area contributed by atoms with E-state index in [1.165, 1.54) is 18.0 Å². The highest BCUT2D eigenvalue weighted by atomic mass is 32.2. The first-order valence-corrected chi connectivity index (χ1v) is 4.95. The van der Waals surface area contributed by atoms with E-state index in [9.17, 15) is 0 Å². The van der Waals surface area contributed by atoms with E-state index in [4.69, 9.17) is 15.6 Å². The highest BCUT2D eigenvalue weighted by Crippen LogP contribution is 2.24. The van der Waals surface area contributed by atoms with E-state index in [0.29, 0.717) is 15.8 Å². The number of nitrogens with zero attached hydrogens (tertiary/aromatic N) is 2. The van der Waals surface area contributed by atoms with Gasteiger partial charge in [-0.1, -0.05) is 0 Å². The van der Waals surface area contributed by atoms with Gasteiger partial charge in [0.15, 0.2) is 0 Å². The normalized spacial score (nSPS) is 10.1. The Morgan fingerprint density at radius 3 is 2.93 bits per heavy atom. The van der Waals surface area contributed by atoms with Gasteiger partial charge in [0.1, 0.15) is 17.1 Å². The van der Waals surface area contributed by atoms with Crippen molar-refractivity contribution in [2.45, 2.75) is 10.2 Å². The fourth-order valence-corrected chi connectivity index (χ4v) is 1.68. The average molecular weight is 220 g/mol. The lowest BCUT2D eigenvalue weighted by molar-refractivity contribution is 0.454. The molecule has 0 amide bonds. The number of pyridine rings is 1. The molecule has 76 valence electrons. The van der Waals surface area contributed by atoms with Crippen LogP contribution in [0.2, 0.25) is 0 Å². The van der Waals surface area contributed by atoms with Crippen LogP contribution < -0.4 is 5.73 Å². The molecular formula is C9H8N4OS. The number of nitrogen functional groups attached to an aromatic ring is 1. The van der Waals surface area contributed by atoms with Crippen molar-refractivity contribution in [3.05, 3.63) is 36.4 Å². The zero-order valence-corrected chi connectivity index (χ0v) is 8.49. The Labute approximate surface area is 90.2 Å². The SMILES string of the molecule is N=C(N)c1ccnc(Sc2ncco2)c1. The van der Waals surface area contributed by atoms with Crippen molar-refractivity contribution in [2.24, 2.45) is 5.73 Å². The molecule has 0 spiro atoms. The predicted octanol–water partition coefficient (Wildman–Crippen LogP) is 1.50. The van der Waals surface area contributed by atoms with Gasteiger partial charge in [0.05, 0.1) is 6.20 Å². The third-order valence-corrected chi connectivity index (χ3v) is 2.46. The summed E-state index contributed by atoms with van der Waals surface area (Å²) < 4.78 is 5.06. The zero-order chi connectivity index (χ0) is 10.7. The fraction of sp³-hybridized carbons (Fsp3) is 0. The third-order valence-electron chi connectivity index (χ3n) is 1.65. The van der Waals surface area contributed by atoms with Crippen molar-refractivity contribution in [2.75, 3.05) is 0 Å². The number of aromatic nitrogens is 2. The maximum Gasteiger partial charge on any atom is 0.261 e. The summed E-state index contributed by atoms with van der Waals surface area (Å²) in [5, 5.41) is 8.50. The quantitative estimate of drug-likeness (QED) is 0.604. The van der Waals surface area contributed by atoms with Crippen molar-refractivity contribution in [3.8, 4) is 0 Å². The standard InChI is InChI=1S/C9H8N4OS/c10-8(11)6-1-2-12-7(5-6)15-9-13-3-4-14-9/h1-5H,(H3,10,11). The van der Waals surface area contributed by atoms with Gasteiger partial charge in [-0.3, -0.25) is 5.41 Å². The van der Waals surface area contributed by atoms with E-state index < -0.39 is 0 Å². The minimum atomic E-state index is 0.0201. The number of hydrogen-bond donors (Lipinski definition) is 2. The minimum absolute atomic E-state index is 0.0201. The Morgan fingerprint density at radius 2 is 2.27 bits per heavy atom. The van der Waals surface area contributed by atoms with Gasteiger partial charge >= 0.3 is 0 Å².